The molecule has 1 aromatic rings. The van der Waals surface area contributed by atoms with Gasteiger partial charge in [-0.25, -0.2) is 9.78 Å². The molecule has 1 heterocycles. The number of carbonyl (C=O) groups excluding carboxylic acids is 9. The number of carboxylic acid groups (broad SMARTS) is 2. The average Bonchev–Trinajstić information content (AvgIpc) is 3.75. The number of nitrogens with zero attached hydrogens (tertiary/aromatic N) is 1. The maximum Gasteiger partial charge on any atom is 0.326 e. The molecule has 16 N–H and O–H groups in total. The molecule has 1 aromatic heterocycles. The number of imidazole rings is 1. The number of hydrogen-bond acceptors (Lipinski definition) is 14. The number of carboxylic acids is 2. The second kappa shape index (κ2) is 29.0. The average molecular weight is 953 g/mol. The Labute approximate surface area is 387 Å². The minimum Gasteiger partial charge on any atom is -0.481 e. The molecule has 0 aliphatic heterocycles. The van der Waals surface area contributed by atoms with Gasteiger partial charge < -0.3 is 74.3 Å². The number of nitrogens with two attached hydrogens (primary N) is 2. The minimum absolute atomic E-state index is 0.0534. The van der Waals surface area contributed by atoms with Crippen molar-refractivity contribution in [3.05, 3.63) is 18.2 Å². The first kappa shape index (κ1) is 58.3. The Morgan fingerprint density at radius 1 is 0.627 bits per heavy atom. The molecule has 0 aliphatic rings. The number of H-pyrrole nitrogens is 1. The highest BCUT2D eigenvalue weighted by atomic mass is 16.4. The molecule has 0 radical (unpaired) electrons. The van der Waals surface area contributed by atoms with Crippen LogP contribution in [0.2, 0.25) is 0 Å². The molecular weight excluding hydrogens is 885 g/mol. The van der Waals surface area contributed by atoms with Gasteiger partial charge in [-0.3, -0.25) is 47.9 Å². The van der Waals surface area contributed by atoms with Crippen LogP contribution >= 0.6 is 0 Å². The van der Waals surface area contributed by atoms with Crippen molar-refractivity contribution in [2.45, 2.75) is 142 Å². The van der Waals surface area contributed by atoms with Crippen LogP contribution in [0.25, 0.3) is 0 Å². The van der Waals surface area contributed by atoms with E-state index in [0.717, 1.165) is 0 Å². The molecule has 0 fully saturated rings. The molecule has 26 nitrogen and oxygen atoms in total. The lowest BCUT2D eigenvalue weighted by molar-refractivity contribution is -0.144. The smallest absolute Gasteiger partial charge is 0.326 e. The van der Waals surface area contributed by atoms with E-state index in [1.165, 1.54) is 33.3 Å². The molecule has 376 valence electrons. The van der Waals surface area contributed by atoms with Crippen LogP contribution in [0.1, 0.15) is 92.7 Å². The van der Waals surface area contributed by atoms with E-state index >= 15 is 0 Å². The van der Waals surface area contributed by atoms with E-state index < -0.39 is 145 Å². The number of aliphatic carboxylic acids is 2. The molecular formula is C41H68N12O14. The Morgan fingerprint density at radius 3 is 1.66 bits per heavy atom. The summed E-state index contributed by atoms with van der Waals surface area (Å²) < 4.78 is 0. The summed E-state index contributed by atoms with van der Waals surface area (Å²) in [5.74, 6) is -11.3. The Kier molecular flexibility index (Phi) is 25.3. The third kappa shape index (κ3) is 22.4. The highest BCUT2D eigenvalue weighted by Crippen LogP contribution is 2.11. The number of aromatic amines is 1. The topological polar surface area (TPSA) is 425 Å². The highest BCUT2D eigenvalue weighted by molar-refractivity contribution is 5.97. The quantitative estimate of drug-likeness (QED) is 0.0335. The van der Waals surface area contributed by atoms with Gasteiger partial charge in [-0.1, -0.05) is 41.5 Å². The largest absolute Gasteiger partial charge is 0.481 e. The van der Waals surface area contributed by atoms with Crippen molar-refractivity contribution in [2.75, 3.05) is 13.2 Å². The van der Waals surface area contributed by atoms with E-state index in [2.05, 4.69) is 52.5 Å². The number of carbonyl (C=O) groups is 11. The van der Waals surface area contributed by atoms with Crippen LogP contribution in [-0.2, 0) is 59.2 Å². The number of aromatic nitrogens is 2. The second-order valence-corrected chi connectivity index (χ2v) is 17.1. The van der Waals surface area contributed by atoms with Gasteiger partial charge in [-0.05, 0) is 50.4 Å². The van der Waals surface area contributed by atoms with Crippen molar-refractivity contribution >= 4 is 65.1 Å². The first-order valence-corrected chi connectivity index (χ1v) is 21.7. The van der Waals surface area contributed by atoms with Crippen molar-refractivity contribution in [3.8, 4) is 0 Å². The molecule has 0 bridgehead atoms. The summed E-state index contributed by atoms with van der Waals surface area (Å²) in [6.45, 7) is 9.74. The third-order valence-electron chi connectivity index (χ3n) is 9.85. The van der Waals surface area contributed by atoms with E-state index in [4.69, 9.17) is 11.5 Å². The third-order valence-corrected chi connectivity index (χ3v) is 9.85. The van der Waals surface area contributed by atoms with Crippen LogP contribution in [-0.4, -0.2) is 152 Å². The lowest BCUT2D eigenvalue weighted by atomic mass is 9.99. The fourth-order valence-electron chi connectivity index (χ4n) is 6.19. The van der Waals surface area contributed by atoms with Crippen molar-refractivity contribution in [3.63, 3.8) is 0 Å². The molecule has 8 atom stereocenters. The van der Waals surface area contributed by atoms with Gasteiger partial charge in [0.05, 0.1) is 25.5 Å². The van der Waals surface area contributed by atoms with Crippen molar-refractivity contribution < 1.29 is 68.1 Å². The normalized spacial score (nSPS) is 14.7. The Morgan fingerprint density at radius 2 is 1.15 bits per heavy atom. The number of nitrogens with one attached hydrogen (secondary N) is 9. The molecule has 0 saturated heterocycles. The number of hydrogen-bond donors (Lipinski definition) is 14. The zero-order valence-electron chi connectivity index (χ0n) is 38.8. The number of rotatable bonds is 31. The summed E-state index contributed by atoms with van der Waals surface area (Å²) in [6.07, 6.45) is 1.41. The summed E-state index contributed by atoms with van der Waals surface area (Å²) in [6, 6.07) is -10.9. The van der Waals surface area contributed by atoms with Gasteiger partial charge >= 0.3 is 11.9 Å². The van der Waals surface area contributed by atoms with E-state index in [0.29, 0.717) is 5.69 Å². The lowest BCUT2D eigenvalue weighted by Crippen LogP contribution is -2.59. The number of aliphatic hydroxyl groups is 1. The van der Waals surface area contributed by atoms with Crippen LogP contribution in [0.5, 0.6) is 0 Å². The van der Waals surface area contributed by atoms with E-state index in [-0.39, 0.29) is 43.9 Å². The first-order valence-electron chi connectivity index (χ1n) is 21.7. The fraction of sp³-hybridized carbons (Fsp3) is 0.659. The monoisotopic (exact) mass is 952 g/mol. The fourth-order valence-corrected chi connectivity index (χ4v) is 6.19. The SMILES string of the molecule is CC(C)C[C@H](NC(=O)[C@H](CC(C)C)NC(=O)[C@@H](N)CCC(N)=O)C(=O)NCC(=O)N[C@@H](CO)C(=O)N[C@@H](C)C(=O)N[C@@H](Cc1cnc[nH]1)C(=O)N[C@@H](CCC(=O)O)C(=O)N[C@H](C(=O)O)C(C)C. The number of aliphatic hydroxyl groups excluding tert-OH is 1. The van der Waals surface area contributed by atoms with E-state index in [1.807, 2.05) is 0 Å². The van der Waals surface area contributed by atoms with Crippen LogP contribution < -0.4 is 54.0 Å². The highest BCUT2D eigenvalue weighted by Gasteiger charge is 2.34. The predicted octanol–water partition coefficient (Wildman–Crippen LogP) is -4.24. The molecule has 1 rings (SSSR count). The summed E-state index contributed by atoms with van der Waals surface area (Å²) >= 11 is 0. The molecule has 26 heteroatoms. The molecule has 67 heavy (non-hydrogen) atoms. The minimum atomic E-state index is -1.65. The van der Waals surface area contributed by atoms with Crippen LogP contribution in [0.3, 0.4) is 0 Å². The number of primary amides is 1. The number of amides is 9. The summed E-state index contributed by atoms with van der Waals surface area (Å²) in [5, 5.41) is 47.9. The van der Waals surface area contributed by atoms with Gasteiger partial charge in [0, 0.05) is 31.2 Å². The van der Waals surface area contributed by atoms with Crippen LogP contribution in [0, 0.1) is 17.8 Å². The predicted molar refractivity (Wildman–Crippen MR) is 236 cm³/mol. The standard InChI is InChI=1S/C41H68N12O14/c1-19(2)12-26(52-38(63)27(13-20(3)4)51-35(60)24(42)8-10-30(43)55)36(61)45-16-31(56)48-29(17-54)40(65)47-22(7)34(59)50-28(14-23-15-44-18-46-23)39(64)49-25(9-11-32(57)58)37(62)53-33(21(5)6)41(66)67/h15,18-22,24-29,33,54H,8-14,16-17,42H2,1-7H3,(H2,43,55)(H,44,46)(H,45,61)(H,47,65)(H,48,56)(H,49,64)(H,50,59)(H,51,60)(H,52,63)(H,53,62)(H,57,58)(H,66,67)/t22-,24-,25-,26-,27-,28-,29-,33-/m0/s1. The van der Waals surface area contributed by atoms with E-state index in [1.54, 1.807) is 27.7 Å². The molecule has 9 amide bonds. The van der Waals surface area contributed by atoms with Gasteiger partial charge in [0.25, 0.3) is 0 Å². The second-order valence-electron chi connectivity index (χ2n) is 17.1. The first-order chi connectivity index (χ1) is 31.2. The van der Waals surface area contributed by atoms with E-state index in [9.17, 15) is 68.1 Å². The summed E-state index contributed by atoms with van der Waals surface area (Å²) in [5.41, 5.74) is 11.3. The van der Waals surface area contributed by atoms with Gasteiger partial charge in [-0.15, -0.1) is 0 Å². The van der Waals surface area contributed by atoms with Gasteiger partial charge in [-0.2, -0.15) is 0 Å². The van der Waals surface area contributed by atoms with Crippen molar-refractivity contribution in [1.82, 2.24) is 52.5 Å². The van der Waals surface area contributed by atoms with Crippen LogP contribution in [0.15, 0.2) is 12.5 Å². The lowest BCUT2D eigenvalue weighted by Gasteiger charge is -2.26. The van der Waals surface area contributed by atoms with Gasteiger partial charge in [0.2, 0.25) is 53.2 Å². The van der Waals surface area contributed by atoms with Gasteiger partial charge in [0.1, 0.15) is 42.3 Å². The summed E-state index contributed by atoms with van der Waals surface area (Å²) in [4.78, 5) is 146. The molecule has 0 unspecified atom stereocenters. The zero-order chi connectivity index (χ0) is 51.1. The molecule has 0 aromatic carbocycles. The van der Waals surface area contributed by atoms with Crippen molar-refractivity contribution in [2.24, 2.45) is 29.2 Å². The maximum atomic E-state index is 13.6. The maximum absolute atomic E-state index is 13.6. The van der Waals surface area contributed by atoms with Crippen LogP contribution in [0.4, 0.5) is 0 Å². The zero-order valence-corrected chi connectivity index (χ0v) is 38.8. The summed E-state index contributed by atoms with van der Waals surface area (Å²) in [7, 11) is 0. The molecule has 0 spiro atoms. The van der Waals surface area contributed by atoms with Crippen molar-refractivity contribution in [1.29, 1.82) is 0 Å². The Hall–Kier alpha value is -6.70. The Balaban J connectivity index is 3.05. The molecule has 0 aliphatic carbocycles. The Bertz CT molecular complexity index is 1880. The molecule has 0 saturated carbocycles. The van der Waals surface area contributed by atoms with Gasteiger partial charge in [0.15, 0.2) is 0 Å².